The van der Waals surface area contributed by atoms with Crippen molar-refractivity contribution in [1.82, 2.24) is 0 Å². The molecule has 0 unspecified atom stereocenters. The molecule has 0 aromatic heterocycles. The average molecular weight is 310 g/mol. The van der Waals surface area contributed by atoms with Crippen molar-refractivity contribution in [3.63, 3.8) is 0 Å². The van der Waals surface area contributed by atoms with E-state index in [4.69, 9.17) is 15.3 Å². The number of nitrogens with zero attached hydrogens (tertiary/aromatic N) is 2. The Morgan fingerprint density at radius 3 is 2.35 bits per heavy atom. The van der Waals surface area contributed by atoms with Crippen LogP contribution in [0.15, 0.2) is 42.5 Å². The topological polar surface area (TPSA) is 94.1 Å². The highest BCUT2D eigenvalue weighted by molar-refractivity contribution is 5.73. The molecule has 1 atom stereocenters. The number of hydrogen-bond donors (Lipinski definition) is 1. The van der Waals surface area contributed by atoms with Gasteiger partial charge in [-0.25, -0.2) is 9.18 Å². The molecule has 1 N–H and O–H groups in total. The molecule has 2 aromatic carbocycles. The van der Waals surface area contributed by atoms with E-state index >= 15 is 0 Å². The van der Waals surface area contributed by atoms with Crippen LogP contribution in [0.5, 0.6) is 5.75 Å². The first kappa shape index (κ1) is 16.0. The van der Waals surface area contributed by atoms with Crippen LogP contribution in [0, 0.1) is 28.5 Å². The lowest BCUT2D eigenvalue weighted by Gasteiger charge is -2.15. The molecule has 114 valence electrons. The fraction of sp³-hybridized carbons (Fsp3) is 0.118. The van der Waals surface area contributed by atoms with Crippen LogP contribution in [0.25, 0.3) is 0 Å². The van der Waals surface area contributed by atoms with Gasteiger partial charge in [-0.1, -0.05) is 12.1 Å². The van der Waals surface area contributed by atoms with E-state index in [-0.39, 0.29) is 23.3 Å². The normalized spacial score (nSPS) is 11.1. The molecule has 0 aliphatic carbocycles. The molecule has 2 aromatic rings. The molecule has 2 rings (SSSR count). The second-order valence-corrected chi connectivity index (χ2v) is 4.75. The van der Waals surface area contributed by atoms with Gasteiger partial charge in [0, 0.05) is 6.42 Å². The maximum Gasteiger partial charge on any atom is 0.345 e. The van der Waals surface area contributed by atoms with E-state index in [9.17, 15) is 14.3 Å². The number of ether oxygens (including phenoxy) is 1. The van der Waals surface area contributed by atoms with Crippen molar-refractivity contribution in [2.75, 3.05) is 0 Å². The molecular weight excluding hydrogens is 299 g/mol. The van der Waals surface area contributed by atoms with Crippen LogP contribution in [0.4, 0.5) is 4.39 Å². The zero-order valence-electron chi connectivity index (χ0n) is 11.9. The maximum atomic E-state index is 13.2. The van der Waals surface area contributed by atoms with Crippen molar-refractivity contribution in [2.45, 2.75) is 12.5 Å². The number of aliphatic carboxylic acids is 1. The summed E-state index contributed by atoms with van der Waals surface area (Å²) < 4.78 is 18.6. The lowest BCUT2D eigenvalue weighted by molar-refractivity contribution is -0.145. The Hall–Kier alpha value is -3.38. The maximum absolute atomic E-state index is 13.2. The van der Waals surface area contributed by atoms with Gasteiger partial charge < -0.3 is 9.84 Å². The smallest absolute Gasteiger partial charge is 0.345 e. The minimum Gasteiger partial charge on any atom is -0.478 e. The molecule has 0 spiro atoms. The van der Waals surface area contributed by atoms with Gasteiger partial charge in [-0.2, -0.15) is 10.5 Å². The van der Waals surface area contributed by atoms with Gasteiger partial charge in [-0.15, -0.1) is 0 Å². The van der Waals surface area contributed by atoms with Crippen molar-refractivity contribution in [3.8, 4) is 17.9 Å². The van der Waals surface area contributed by atoms with Gasteiger partial charge in [0.15, 0.2) is 6.10 Å². The minimum absolute atomic E-state index is 0.0498. The van der Waals surface area contributed by atoms with E-state index in [0.29, 0.717) is 5.56 Å². The molecule has 0 amide bonds. The van der Waals surface area contributed by atoms with Gasteiger partial charge >= 0.3 is 5.97 Å². The number of benzene rings is 2. The third-order valence-electron chi connectivity index (χ3n) is 3.03. The molecular formula is C17H11FN2O3. The summed E-state index contributed by atoms with van der Waals surface area (Å²) in [5.41, 5.74) is 0.845. The van der Waals surface area contributed by atoms with Crippen LogP contribution in [0.1, 0.15) is 16.7 Å². The Morgan fingerprint density at radius 1 is 1.17 bits per heavy atom. The fourth-order valence-corrected chi connectivity index (χ4v) is 2.02. The summed E-state index contributed by atoms with van der Waals surface area (Å²) in [4.78, 5) is 11.4. The van der Waals surface area contributed by atoms with Crippen molar-refractivity contribution in [3.05, 3.63) is 65.0 Å². The van der Waals surface area contributed by atoms with E-state index in [1.54, 1.807) is 6.07 Å². The first-order chi connectivity index (χ1) is 11.0. The van der Waals surface area contributed by atoms with E-state index in [2.05, 4.69) is 0 Å². The fourth-order valence-electron chi connectivity index (χ4n) is 2.02. The van der Waals surface area contributed by atoms with Gasteiger partial charge in [0.1, 0.15) is 11.6 Å². The number of carboxylic acids is 1. The second-order valence-electron chi connectivity index (χ2n) is 4.75. The van der Waals surface area contributed by atoms with Gasteiger partial charge in [-0.05, 0) is 35.9 Å². The first-order valence-electron chi connectivity index (χ1n) is 6.61. The highest BCUT2D eigenvalue weighted by Crippen LogP contribution is 2.19. The monoisotopic (exact) mass is 310 g/mol. The van der Waals surface area contributed by atoms with Crippen molar-refractivity contribution >= 4 is 5.97 Å². The predicted molar refractivity (Wildman–Crippen MR) is 78.0 cm³/mol. The number of nitriles is 2. The van der Waals surface area contributed by atoms with Gasteiger partial charge in [0.05, 0.1) is 23.3 Å². The van der Waals surface area contributed by atoms with E-state index in [1.807, 2.05) is 12.1 Å². The number of halogens is 1. The SMILES string of the molecule is N#Cc1cc(C#N)cc(O[C@H](Cc2cccc(F)c2)C(=O)O)c1. The molecule has 0 radical (unpaired) electrons. The zero-order valence-corrected chi connectivity index (χ0v) is 11.9. The minimum atomic E-state index is -1.27. The summed E-state index contributed by atoms with van der Waals surface area (Å²) >= 11 is 0. The van der Waals surface area contributed by atoms with Crippen LogP contribution in [0.2, 0.25) is 0 Å². The lowest BCUT2D eigenvalue weighted by Crippen LogP contribution is -2.29. The Labute approximate surface area is 131 Å². The molecule has 23 heavy (non-hydrogen) atoms. The molecule has 5 nitrogen and oxygen atoms in total. The first-order valence-corrected chi connectivity index (χ1v) is 6.61. The van der Waals surface area contributed by atoms with E-state index < -0.39 is 17.9 Å². The number of rotatable bonds is 5. The summed E-state index contributed by atoms with van der Waals surface area (Å²) in [5, 5.41) is 27.1. The predicted octanol–water partition coefficient (Wildman–Crippen LogP) is 2.64. The van der Waals surface area contributed by atoms with Crippen LogP contribution in [-0.2, 0) is 11.2 Å². The Kier molecular flexibility index (Phi) is 4.91. The van der Waals surface area contributed by atoms with Crippen molar-refractivity contribution in [1.29, 1.82) is 10.5 Å². The average Bonchev–Trinajstić information content (AvgIpc) is 2.53. The quantitative estimate of drug-likeness (QED) is 0.916. The molecule has 0 bridgehead atoms. The number of carbonyl (C=O) groups is 1. The van der Waals surface area contributed by atoms with Crippen LogP contribution >= 0.6 is 0 Å². The summed E-state index contributed by atoms with van der Waals surface area (Å²) in [6.45, 7) is 0. The Bertz CT molecular complexity index is 789. The van der Waals surface area contributed by atoms with Crippen molar-refractivity contribution < 1.29 is 19.0 Å². The Balaban J connectivity index is 2.25. The largest absolute Gasteiger partial charge is 0.478 e. The van der Waals surface area contributed by atoms with E-state index in [0.717, 1.165) is 0 Å². The highest BCUT2D eigenvalue weighted by Gasteiger charge is 2.21. The van der Waals surface area contributed by atoms with Gasteiger partial charge in [0.25, 0.3) is 0 Å². The third-order valence-corrected chi connectivity index (χ3v) is 3.03. The van der Waals surface area contributed by atoms with E-state index in [1.165, 1.54) is 36.4 Å². The Morgan fingerprint density at radius 2 is 1.83 bits per heavy atom. The van der Waals surface area contributed by atoms with Gasteiger partial charge in [-0.3, -0.25) is 0 Å². The molecule has 0 fully saturated rings. The van der Waals surface area contributed by atoms with Crippen LogP contribution in [-0.4, -0.2) is 17.2 Å². The number of hydrogen-bond acceptors (Lipinski definition) is 4. The third kappa shape index (κ3) is 4.29. The molecule has 0 aliphatic heterocycles. The summed E-state index contributed by atoms with van der Waals surface area (Å²) in [6, 6.07) is 13.4. The highest BCUT2D eigenvalue weighted by atomic mass is 19.1. The molecule has 0 saturated carbocycles. The molecule has 0 heterocycles. The zero-order chi connectivity index (χ0) is 16.8. The summed E-state index contributed by atoms with van der Waals surface area (Å²) in [7, 11) is 0. The van der Waals surface area contributed by atoms with Crippen LogP contribution < -0.4 is 4.74 Å². The number of carboxylic acid groups (broad SMARTS) is 1. The molecule has 0 aliphatic rings. The van der Waals surface area contributed by atoms with Crippen molar-refractivity contribution in [2.24, 2.45) is 0 Å². The molecule has 6 heteroatoms. The van der Waals surface area contributed by atoms with Gasteiger partial charge in [0.2, 0.25) is 0 Å². The summed E-state index contributed by atoms with van der Waals surface area (Å²) in [5.74, 6) is -1.59. The lowest BCUT2D eigenvalue weighted by atomic mass is 10.1. The standard InChI is InChI=1S/C17H11FN2O3/c18-14-3-1-2-11(5-14)8-16(17(21)22)23-15-6-12(9-19)4-13(7-15)10-20/h1-7,16H,8H2,(H,21,22)/t16-/m1/s1. The van der Waals surface area contributed by atoms with Crippen LogP contribution in [0.3, 0.4) is 0 Å². The summed E-state index contributed by atoms with van der Waals surface area (Å²) in [6.07, 6.45) is -1.32. The molecule has 0 saturated heterocycles. The second kappa shape index (κ2) is 7.06.